The summed E-state index contributed by atoms with van der Waals surface area (Å²) in [6.45, 7) is 1.16. The minimum Gasteiger partial charge on any atom is -0.269 e. The summed E-state index contributed by atoms with van der Waals surface area (Å²) in [5, 5.41) is 1.98. The van der Waals surface area contributed by atoms with E-state index >= 15 is 0 Å². The van der Waals surface area contributed by atoms with Crippen LogP contribution in [0.15, 0.2) is 0 Å². The van der Waals surface area contributed by atoms with Crippen LogP contribution in [0.5, 0.6) is 0 Å². The Hall–Kier alpha value is -0.0800. The van der Waals surface area contributed by atoms with Crippen molar-refractivity contribution >= 4 is 0 Å². The summed E-state index contributed by atoms with van der Waals surface area (Å²) in [7, 11) is 0. The van der Waals surface area contributed by atoms with Gasteiger partial charge in [0.05, 0.1) is 0 Å². The van der Waals surface area contributed by atoms with Crippen molar-refractivity contribution < 1.29 is 0 Å². The molecule has 2 N–H and O–H groups in total. The van der Waals surface area contributed by atoms with Crippen molar-refractivity contribution in [3.8, 4) is 0 Å². The number of nitrogens with zero attached hydrogens (tertiary/aromatic N) is 1. The van der Waals surface area contributed by atoms with E-state index in [9.17, 15) is 0 Å². The molecular weight excluding hydrogens is 100 g/mol. The Kier molecular flexibility index (Phi) is 0.866. The number of rotatable bonds is 0. The van der Waals surface area contributed by atoms with Gasteiger partial charge in [0.2, 0.25) is 0 Å². The van der Waals surface area contributed by atoms with E-state index in [0.29, 0.717) is 0 Å². The van der Waals surface area contributed by atoms with Gasteiger partial charge >= 0.3 is 0 Å². The van der Waals surface area contributed by atoms with Gasteiger partial charge in [-0.15, -0.1) is 0 Å². The second-order valence-electron chi connectivity index (χ2n) is 2.96. The summed E-state index contributed by atoms with van der Waals surface area (Å²) in [5.74, 6) is 6.57. The molecule has 0 radical (unpaired) electrons. The van der Waals surface area contributed by atoms with Crippen LogP contribution in [0, 0.1) is 5.92 Å². The molecule has 2 nitrogen and oxygen atoms in total. The van der Waals surface area contributed by atoms with Gasteiger partial charge in [0.1, 0.15) is 0 Å². The Morgan fingerprint density at radius 3 is 2.75 bits per heavy atom. The smallest absolute Gasteiger partial charge is 0.0282 e. The van der Waals surface area contributed by atoms with E-state index < -0.39 is 0 Å². The summed E-state index contributed by atoms with van der Waals surface area (Å²) in [6.07, 6.45) is 4.18. The van der Waals surface area contributed by atoms with Crippen molar-refractivity contribution in [1.29, 1.82) is 0 Å². The zero-order valence-electron chi connectivity index (χ0n) is 5.01. The van der Waals surface area contributed by atoms with Gasteiger partial charge in [-0.1, -0.05) is 6.42 Å². The van der Waals surface area contributed by atoms with Crippen LogP contribution in [0.4, 0.5) is 0 Å². The van der Waals surface area contributed by atoms with Crippen LogP contribution in [-0.4, -0.2) is 17.6 Å². The molecule has 0 aromatic heterocycles. The average molecular weight is 112 g/mol. The lowest BCUT2D eigenvalue weighted by Gasteiger charge is -2.40. The van der Waals surface area contributed by atoms with Crippen molar-refractivity contribution in [2.45, 2.75) is 25.3 Å². The van der Waals surface area contributed by atoms with Gasteiger partial charge in [-0.3, -0.25) is 5.84 Å². The van der Waals surface area contributed by atoms with E-state index in [4.69, 9.17) is 5.84 Å². The number of hydrogen-bond donors (Lipinski definition) is 1. The zero-order chi connectivity index (χ0) is 5.56. The van der Waals surface area contributed by atoms with Crippen LogP contribution < -0.4 is 5.84 Å². The third-order valence-electron chi connectivity index (χ3n) is 2.49. The van der Waals surface area contributed by atoms with Crippen molar-refractivity contribution in [3.63, 3.8) is 0 Å². The third kappa shape index (κ3) is 0.446. The maximum atomic E-state index is 5.60. The Bertz CT molecular complexity index is 103. The molecule has 1 heterocycles. The maximum Gasteiger partial charge on any atom is 0.0282 e. The summed E-state index contributed by atoms with van der Waals surface area (Å²) < 4.78 is 0. The van der Waals surface area contributed by atoms with Crippen LogP contribution >= 0.6 is 0 Å². The van der Waals surface area contributed by atoms with Crippen LogP contribution in [0.25, 0.3) is 0 Å². The van der Waals surface area contributed by atoms with Gasteiger partial charge in [-0.2, -0.15) is 0 Å². The SMILES string of the molecule is NN1C[C@@H]2CCC[C@H]21. The van der Waals surface area contributed by atoms with Crippen LogP contribution in [-0.2, 0) is 0 Å². The number of nitrogens with two attached hydrogens (primary N) is 1. The van der Waals surface area contributed by atoms with Crippen molar-refractivity contribution in [1.82, 2.24) is 5.01 Å². The van der Waals surface area contributed by atoms with Crippen molar-refractivity contribution in [2.24, 2.45) is 11.8 Å². The van der Waals surface area contributed by atoms with Gasteiger partial charge in [-0.25, -0.2) is 5.01 Å². The van der Waals surface area contributed by atoms with Crippen LogP contribution in [0.3, 0.4) is 0 Å². The standard InChI is InChI=1S/C6H12N2/c7-8-4-5-2-1-3-6(5)8/h5-6H,1-4,7H2/t5-,6+/m0/s1. The Morgan fingerprint density at radius 1 is 1.38 bits per heavy atom. The fourth-order valence-electron chi connectivity index (χ4n) is 1.94. The van der Waals surface area contributed by atoms with E-state index in [1.165, 1.54) is 19.3 Å². The summed E-state index contributed by atoms with van der Waals surface area (Å²) in [5.41, 5.74) is 0. The van der Waals surface area contributed by atoms with Gasteiger partial charge in [0, 0.05) is 12.6 Å². The molecule has 0 amide bonds. The first-order valence-corrected chi connectivity index (χ1v) is 3.39. The molecule has 2 atom stereocenters. The lowest BCUT2D eigenvalue weighted by atomic mass is 9.95. The molecule has 0 unspecified atom stereocenters. The fraction of sp³-hybridized carbons (Fsp3) is 1.00. The summed E-state index contributed by atoms with van der Waals surface area (Å²) in [4.78, 5) is 0. The largest absolute Gasteiger partial charge is 0.269 e. The minimum atomic E-state index is 0.773. The van der Waals surface area contributed by atoms with Crippen molar-refractivity contribution in [3.05, 3.63) is 0 Å². The first kappa shape index (κ1) is 4.77. The number of hydrogen-bond acceptors (Lipinski definition) is 2. The molecule has 8 heavy (non-hydrogen) atoms. The molecule has 0 aromatic carbocycles. The molecule has 0 bridgehead atoms. The molecule has 1 saturated carbocycles. The highest BCUT2D eigenvalue weighted by Crippen LogP contribution is 2.36. The molecule has 2 heteroatoms. The first-order chi connectivity index (χ1) is 3.88. The highest BCUT2D eigenvalue weighted by atomic mass is 15.5. The highest BCUT2D eigenvalue weighted by Gasteiger charge is 2.39. The molecule has 2 rings (SSSR count). The molecular formula is C6H12N2. The topological polar surface area (TPSA) is 29.3 Å². The number of fused-ring (bicyclic) bond motifs is 1. The second-order valence-corrected chi connectivity index (χ2v) is 2.96. The van der Waals surface area contributed by atoms with Crippen LogP contribution in [0.1, 0.15) is 19.3 Å². The lowest BCUT2D eigenvalue weighted by Crippen LogP contribution is -2.56. The van der Waals surface area contributed by atoms with Gasteiger partial charge in [0.25, 0.3) is 0 Å². The first-order valence-electron chi connectivity index (χ1n) is 3.39. The monoisotopic (exact) mass is 112 g/mol. The molecule has 1 saturated heterocycles. The zero-order valence-corrected chi connectivity index (χ0v) is 5.01. The number of hydrazine groups is 1. The molecule has 1 aliphatic heterocycles. The molecule has 0 spiro atoms. The molecule has 2 aliphatic rings. The summed E-state index contributed by atoms with van der Waals surface area (Å²) >= 11 is 0. The molecule has 46 valence electrons. The predicted molar refractivity (Wildman–Crippen MR) is 32.0 cm³/mol. The molecule has 2 fully saturated rings. The van der Waals surface area contributed by atoms with E-state index in [0.717, 1.165) is 18.5 Å². The predicted octanol–water partition coefficient (Wildman–Crippen LogP) is 0.344. The second kappa shape index (κ2) is 1.45. The van der Waals surface area contributed by atoms with Crippen molar-refractivity contribution in [2.75, 3.05) is 6.54 Å². The maximum absolute atomic E-state index is 5.60. The van der Waals surface area contributed by atoms with E-state index in [2.05, 4.69) is 0 Å². The van der Waals surface area contributed by atoms with Crippen LogP contribution in [0.2, 0.25) is 0 Å². The normalized spacial score (nSPS) is 46.1. The Labute approximate surface area is 49.6 Å². The Balaban J connectivity index is 2.02. The average Bonchev–Trinajstić information content (AvgIpc) is 2.09. The highest BCUT2D eigenvalue weighted by molar-refractivity contribution is 4.92. The van der Waals surface area contributed by atoms with Gasteiger partial charge in [-0.05, 0) is 18.8 Å². The van der Waals surface area contributed by atoms with E-state index in [1.807, 2.05) is 5.01 Å². The minimum absolute atomic E-state index is 0.773. The summed E-state index contributed by atoms with van der Waals surface area (Å²) in [6, 6.07) is 0.773. The Morgan fingerprint density at radius 2 is 2.25 bits per heavy atom. The fourth-order valence-corrected chi connectivity index (χ4v) is 1.94. The van der Waals surface area contributed by atoms with Gasteiger partial charge in [0.15, 0.2) is 0 Å². The molecule has 1 aliphatic carbocycles. The van der Waals surface area contributed by atoms with E-state index in [1.54, 1.807) is 0 Å². The van der Waals surface area contributed by atoms with Gasteiger partial charge < -0.3 is 0 Å². The quantitative estimate of drug-likeness (QED) is 0.458. The van der Waals surface area contributed by atoms with E-state index in [-0.39, 0.29) is 0 Å². The molecule has 0 aromatic rings. The lowest BCUT2D eigenvalue weighted by molar-refractivity contribution is 0.0383. The third-order valence-corrected chi connectivity index (χ3v) is 2.49.